The molecule has 0 bridgehead atoms. The largest absolute Gasteiger partial charge is 0.449 e. The van der Waals surface area contributed by atoms with E-state index in [1.165, 1.54) is 6.21 Å². The molecule has 0 radical (unpaired) electrons. The molecule has 0 spiro atoms. The number of hydrogen-bond donors (Lipinski definition) is 2. The monoisotopic (exact) mass is 224 g/mol. The molecule has 1 rings (SSSR count). The van der Waals surface area contributed by atoms with Crippen molar-refractivity contribution in [2.45, 2.75) is 26.7 Å². The molecule has 2 N–H and O–H groups in total. The maximum Gasteiger partial charge on any atom is 0.427 e. The Hall–Kier alpha value is -1.85. The second kappa shape index (κ2) is 6.60. The first-order valence-electron chi connectivity index (χ1n) is 5.26. The molecule has 1 aromatic heterocycles. The SMILES string of the molecule is CCCc1ncc(/C=N/NC(=O)OCC)[nH]1. The Labute approximate surface area is 94.1 Å². The molecular formula is C10H16N4O2. The number of aryl methyl sites for hydroxylation is 1. The first kappa shape index (κ1) is 12.2. The fraction of sp³-hybridized carbons (Fsp3) is 0.500. The predicted octanol–water partition coefficient (Wildman–Crippen LogP) is 1.44. The van der Waals surface area contributed by atoms with Crippen molar-refractivity contribution in [3.63, 3.8) is 0 Å². The summed E-state index contributed by atoms with van der Waals surface area (Å²) in [5.41, 5.74) is 2.98. The van der Waals surface area contributed by atoms with Gasteiger partial charge in [0.05, 0.1) is 24.7 Å². The Morgan fingerprint density at radius 3 is 3.19 bits per heavy atom. The van der Waals surface area contributed by atoms with Crippen LogP contribution in [0.5, 0.6) is 0 Å². The van der Waals surface area contributed by atoms with Crippen molar-refractivity contribution in [3.05, 3.63) is 17.7 Å². The van der Waals surface area contributed by atoms with Crippen LogP contribution in [0.2, 0.25) is 0 Å². The lowest BCUT2D eigenvalue weighted by Gasteiger charge is -1.97. The van der Waals surface area contributed by atoms with Crippen LogP contribution in [0.15, 0.2) is 11.3 Å². The summed E-state index contributed by atoms with van der Waals surface area (Å²) in [4.78, 5) is 18.1. The van der Waals surface area contributed by atoms with E-state index in [-0.39, 0.29) is 0 Å². The number of aromatic nitrogens is 2. The van der Waals surface area contributed by atoms with Crippen molar-refractivity contribution in [2.24, 2.45) is 5.10 Å². The third-order valence-corrected chi connectivity index (χ3v) is 1.77. The number of hydrazone groups is 1. The normalized spacial score (nSPS) is 10.6. The Bertz CT molecular complexity index is 359. The van der Waals surface area contributed by atoms with E-state index in [1.807, 2.05) is 0 Å². The molecule has 0 aliphatic heterocycles. The van der Waals surface area contributed by atoms with Gasteiger partial charge in [-0.05, 0) is 13.3 Å². The van der Waals surface area contributed by atoms with E-state index in [1.54, 1.807) is 13.1 Å². The average Bonchev–Trinajstić information content (AvgIpc) is 2.67. The minimum Gasteiger partial charge on any atom is -0.449 e. The van der Waals surface area contributed by atoms with Gasteiger partial charge >= 0.3 is 6.09 Å². The molecule has 6 heteroatoms. The van der Waals surface area contributed by atoms with Crippen LogP contribution in [-0.2, 0) is 11.2 Å². The standard InChI is InChI=1S/C10H16N4O2/c1-3-5-9-11-6-8(13-9)7-12-14-10(15)16-4-2/h6-7H,3-5H2,1-2H3,(H,11,13)(H,14,15)/b12-7+. The number of amides is 1. The van der Waals surface area contributed by atoms with Gasteiger partial charge in [0.25, 0.3) is 0 Å². The van der Waals surface area contributed by atoms with Gasteiger partial charge in [-0.1, -0.05) is 6.92 Å². The van der Waals surface area contributed by atoms with Crippen molar-refractivity contribution in [3.8, 4) is 0 Å². The first-order chi connectivity index (χ1) is 7.76. The number of hydrogen-bond acceptors (Lipinski definition) is 4. The van der Waals surface area contributed by atoms with Crippen LogP contribution in [0.4, 0.5) is 4.79 Å². The van der Waals surface area contributed by atoms with Crippen LogP contribution in [0.3, 0.4) is 0 Å². The van der Waals surface area contributed by atoms with Crippen molar-refractivity contribution < 1.29 is 9.53 Å². The average molecular weight is 224 g/mol. The number of aromatic amines is 1. The molecule has 1 aromatic rings. The van der Waals surface area contributed by atoms with Crippen molar-refractivity contribution >= 4 is 12.3 Å². The molecule has 0 aromatic carbocycles. The number of H-pyrrole nitrogens is 1. The second-order valence-corrected chi connectivity index (χ2v) is 3.13. The van der Waals surface area contributed by atoms with E-state index >= 15 is 0 Å². The zero-order valence-electron chi connectivity index (χ0n) is 9.49. The summed E-state index contributed by atoms with van der Waals surface area (Å²) in [5, 5.41) is 3.71. The number of nitrogens with zero attached hydrogens (tertiary/aromatic N) is 2. The summed E-state index contributed by atoms with van der Waals surface area (Å²) in [6, 6.07) is 0. The van der Waals surface area contributed by atoms with E-state index in [2.05, 4.69) is 32.2 Å². The maximum atomic E-state index is 10.9. The van der Waals surface area contributed by atoms with E-state index in [0.717, 1.165) is 24.4 Å². The van der Waals surface area contributed by atoms with Crippen LogP contribution >= 0.6 is 0 Å². The zero-order valence-corrected chi connectivity index (χ0v) is 9.49. The summed E-state index contributed by atoms with van der Waals surface area (Å²) in [7, 11) is 0. The van der Waals surface area contributed by atoms with Gasteiger partial charge in [0.1, 0.15) is 5.82 Å². The van der Waals surface area contributed by atoms with Gasteiger partial charge < -0.3 is 9.72 Å². The highest BCUT2D eigenvalue weighted by molar-refractivity contribution is 5.78. The lowest BCUT2D eigenvalue weighted by Crippen LogP contribution is -2.18. The highest BCUT2D eigenvalue weighted by atomic mass is 16.5. The molecule has 0 saturated heterocycles. The van der Waals surface area contributed by atoms with Gasteiger partial charge in [0.2, 0.25) is 0 Å². The van der Waals surface area contributed by atoms with E-state index in [9.17, 15) is 4.79 Å². The number of carbonyl (C=O) groups excluding carboxylic acids is 1. The van der Waals surface area contributed by atoms with Crippen molar-refractivity contribution in [1.29, 1.82) is 0 Å². The first-order valence-corrected chi connectivity index (χ1v) is 5.26. The van der Waals surface area contributed by atoms with E-state index in [0.29, 0.717) is 6.61 Å². The van der Waals surface area contributed by atoms with Gasteiger partial charge in [0.15, 0.2) is 0 Å². The number of ether oxygens (including phenoxy) is 1. The predicted molar refractivity (Wildman–Crippen MR) is 60.3 cm³/mol. The maximum absolute atomic E-state index is 10.9. The molecule has 0 atom stereocenters. The smallest absolute Gasteiger partial charge is 0.427 e. The quantitative estimate of drug-likeness (QED) is 0.586. The summed E-state index contributed by atoms with van der Waals surface area (Å²) in [6.45, 7) is 4.14. The molecule has 0 aliphatic rings. The Morgan fingerprint density at radius 1 is 1.69 bits per heavy atom. The van der Waals surface area contributed by atoms with Gasteiger partial charge in [-0.25, -0.2) is 15.2 Å². The molecule has 1 heterocycles. The molecule has 0 aliphatic carbocycles. The Kier molecular flexibility index (Phi) is 5.04. The minimum atomic E-state index is -0.563. The van der Waals surface area contributed by atoms with Gasteiger partial charge in [-0.15, -0.1) is 0 Å². The molecule has 6 nitrogen and oxygen atoms in total. The molecule has 1 amide bonds. The van der Waals surface area contributed by atoms with E-state index in [4.69, 9.17) is 0 Å². The fourth-order valence-electron chi connectivity index (χ4n) is 1.13. The number of imidazole rings is 1. The number of nitrogens with one attached hydrogen (secondary N) is 2. The van der Waals surface area contributed by atoms with Crippen LogP contribution in [0.1, 0.15) is 31.8 Å². The molecule has 0 saturated carbocycles. The van der Waals surface area contributed by atoms with Crippen molar-refractivity contribution in [2.75, 3.05) is 6.61 Å². The highest BCUT2D eigenvalue weighted by Crippen LogP contribution is 1.97. The summed E-state index contributed by atoms with van der Waals surface area (Å²) < 4.78 is 4.63. The molecule has 0 unspecified atom stereocenters. The Balaban J connectivity index is 2.40. The third-order valence-electron chi connectivity index (χ3n) is 1.77. The molecular weight excluding hydrogens is 208 g/mol. The Morgan fingerprint density at radius 2 is 2.50 bits per heavy atom. The molecule has 0 fully saturated rings. The van der Waals surface area contributed by atoms with Crippen LogP contribution < -0.4 is 5.43 Å². The minimum absolute atomic E-state index is 0.325. The zero-order chi connectivity index (χ0) is 11.8. The van der Waals surface area contributed by atoms with Gasteiger partial charge in [0, 0.05) is 6.42 Å². The lowest BCUT2D eigenvalue weighted by molar-refractivity contribution is 0.152. The van der Waals surface area contributed by atoms with Crippen molar-refractivity contribution in [1.82, 2.24) is 15.4 Å². The van der Waals surface area contributed by atoms with E-state index < -0.39 is 6.09 Å². The fourth-order valence-corrected chi connectivity index (χ4v) is 1.13. The summed E-state index contributed by atoms with van der Waals surface area (Å²) in [5.74, 6) is 0.917. The topological polar surface area (TPSA) is 79.4 Å². The highest BCUT2D eigenvalue weighted by Gasteiger charge is 1.98. The van der Waals surface area contributed by atoms with Gasteiger partial charge in [-0.3, -0.25) is 0 Å². The molecule has 88 valence electrons. The second-order valence-electron chi connectivity index (χ2n) is 3.13. The third kappa shape index (κ3) is 4.12. The number of carbonyl (C=O) groups is 1. The molecule has 16 heavy (non-hydrogen) atoms. The van der Waals surface area contributed by atoms with Crippen LogP contribution in [-0.4, -0.2) is 28.9 Å². The van der Waals surface area contributed by atoms with Gasteiger partial charge in [-0.2, -0.15) is 5.10 Å². The summed E-state index contributed by atoms with van der Waals surface area (Å²) in [6.07, 6.45) is 4.53. The summed E-state index contributed by atoms with van der Waals surface area (Å²) >= 11 is 0. The number of rotatable bonds is 5. The van der Waals surface area contributed by atoms with Crippen LogP contribution in [0, 0.1) is 0 Å². The lowest BCUT2D eigenvalue weighted by atomic mass is 10.3. The van der Waals surface area contributed by atoms with Crippen LogP contribution in [0.25, 0.3) is 0 Å².